The molecule has 0 aliphatic carbocycles. The second-order valence-electron chi connectivity index (χ2n) is 7.11. The molecule has 0 aromatic heterocycles. The minimum absolute atomic E-state index is 0.00451. The van der Waals surface area contributed by atoms with Crippen molar-refractivity contribution in [3.63, 3.8) is 0 Å². The molecule has 0 amide bonds. The van der Waals surface area contributed by atoms with Gasteiger partial charge in [0.2, 0.25) is 0 Å². The Morgan fingerprint density at radius 1 is 1.34 bits per heavy atom. The molecular weight excluding hydrogens is 389 g/mol. The number of oxime groups is 1. The summed E-state index contributed by atoms with van der Waals surface area (Å²) in [6.07, 6.45) is 6.67. The van der Waals surface area contributed by atoms with Gasteiger partial charge in [-0.3, -0.25) is 0 Å². The molecule has 4 nitrogen and oxygen atoms in total. The van der Waals surface area contributed by atoms with Gasteiger partial charge >= 0.3 is 0 Å². The molecular formula is C23H24FNO3S. The van der Waals surface area contributed by atoms with Crippen LogP contribution in [-0.2, 0) is 15.1 Å². The maximum atomic E-state index is 14.5. The summed E-state index contributed by atoms with van der Waals surface area (Å²) in [6, 6.07) is 12.6. The normalized spacial score (nSPS) is 22.3. The Labute approximate surface area is 175 Å². The third-order valence-corrected chi connectivity index (χ3v) is 5.99. The number of nitrogens with zero attached hydrogens (tertiary/aromatic N) is 1. The van der Waals surface area contributed by atoms with Crippen molar-refractivity contribution in [2.24, 2.45) is 5.16 Å². The van der Waals surface area contributed by atoms with Crippen LogP contribution in [0.2, 0.25) is 0 Å². The Balaban J connectivity index is 1.89. The molecule has 0 bridgehead atoms. The van der Waals surface area contributed by atoms with Gasteiger partial charge in [-0.05, 0) is 55.3 Å². The highest BCUT2D eigenvalue weighted by molar-refractivity contribution is 7.99. The largest absolute Gasteiger partial charge is 0.411 e. The van der Waals surface area contributed by atoms with Gasteiger partial charge in [-0.1, -0.05) is 35.0 Å². The fraction of sp³-hybridized carbons (Fsp3) is 0.348. The van der Waals surface area contributed by atoms with E-state index in [1.165, 1.54) is 23.9 Å². The quantitative estimate of drug-likeness (QED) is 0.305. The van der Waals surface area contributed by atoms with E-state index in [1.807, 2.05) is 37.3 Å². The molecule has 2 atom stereocenters. The van der Waals surface area contributed by atoms with Crippen LogP contribution in [0.4, 0.5) is 4.39 Å². The standard InChI is InChI=1S/C23H24FNO3S/c1-4-10-28-23(9-11-27-16(2)15-23)19-12-20(24)14-22(13-19)29-21-7-5-18(6-8-21)17(3)25-26/h1,5-8,12-14,16,26H,9-11,15H2,2-3H3/b25-17-/t16-,23-/m0/s1. The highest BCUT2D eigenvalue weighted by atomic mass is 32.2. The van der Waals surface area contributed by atoms with Gasteiger partial charge < -0.3 is 14.7 Å². The molecule has 2 aromatic rings. The maximum absolute atomic E-state index is 14.5. The van der Waals surface area contributed by atoms with Crippen LogP contribution in [0.25, 0.3) is 0 Å². The molecule has 1 N–H and O–H groups in total. The first-order valence-electron chi connectivity index (χ1n) is 9.43. The molecule has 0 unspecified atom stereocenters. The van der Waals surface area contributed by atoms with Crippen LogP contribution in [0.1, 0.15) is 37.8 Å². The van der Waals surface area contributed by atoms with Gasteiger partial charge in [-0.2, -0.15) is 0 Å². The number of terminal acetylenes is 1. The van der Waals surface area contributed by atoms with Gasteiger partial charge in [0.05, 0.1) is 24.0 Å². The molecule has 29 heavy (non-hydrogen) atoms. The molecule has 1 aliphatic rings. The topological polar surface area (TPSA) is 51.0 Å². The molecule has 3 rings (SSSR count). The molecule has 1 saturated heterocycles. The lowest BCUT2D eigenvalue weighted by molar-refractivity contribution is -0.131. The van der Waals surface area contributed by atoms with E-state index in [2.05, 4.69) is 11.1 Å². The zero-order chi connectivity index (χ0) is 20.9. The molecule has 6 heteroatoms. The minimum atomic E-state index is -0.653. The Bertz CT molecular complexity index is 923. The second kappa shape index (κ2) is 9.45. The summed E-state index contributed by atoms with van der Waals surface area (Å²) in [5.41, 5.74) is 1.50. The molecule has 2 aromatic carbocycles. The summed E-state index contributed by atoms with van der Waals surface area (Å²) >= 11 is 1.46. The van der Waals surface area contributed by atoms with Crippen LogP contribution < -0.4 is 0 Å². The Morgan fingerprint density at radius 3 is 2.76 bits per heavy atom. The summed E-state index contributed by atoms with van der Waals surface area (Å²) in [4.78, 5) is 1.73. The first-order valence-corrected chi connectivity index (χ1v) is 10.2. The zero-order valence-electron chi connectivity index (χ0n) is 16.5. The van der Waals surface area contributed by atoms with E-state index in [4.69, 9.17) is 21.1 Å². The summed E-state index contributed by atoms with van der Waals surface area (Å²) in [7, 11) is 0. The van der Waals surface area contributed by atoms with E-state index in [-0.39, 0.29) is 18.5 Å². The number of rotatable bonds is 6. The van der Waals surface area contributed by atoms with E-state index in [0.29, 0.717) is 25.2 Å². The Hall–Kier alpha value is -2.33. The van der Waals surface area contributed by atoms with Crippen LogP contribution >= 0.6 is 11.8 Å². The van der Waals surface area contributed by atoms with E-state index in [9.17, 15) is 4.39 Å². The smallest absolute Gasteiger partial charge is 0.124 e. The average Bonchev–Trinajstić information content (AvgIpc) is 2.72. The maximum Gasteiger partial charge on any atom is 0.124 e. The number of ether oxygens (including phenoxy) is 2. The van der Waals surface area contributed by atoms with Crippen LogP contribution in [-0.4, -0.2) is 30.2 Å². The Kier molecular flexibility index (Phi) is 6.96. The molecule has 152 valence electrons. The number of hydrogen-bond acceptors (Lipinski definition) is 5. The third kappa shape index (κ3) is 5.18. The lowest BCUT2D eigenvalue weighted by Gasteiger charge is -2.40. The van der Waals surface area contributed by atoms with Crippen molar-refractivity contribution >= 4 is 17.5 Å². The van der Waals surface area contributed by atoms with Gasteiger partial charge in [-0.15, -0.1) is 6.42 Å². The van der Waals surface area contributed by atoms with Gasteiger partial charge in [0.25, 0.3) is 0 Å². The summed E-state index contributed by atoms with van der Waals surface area (Å²) in [5, 5.41) is 12.1. The lowest BCUT2D eigenvalue weighted by atomic mass is 9.83. The van der Waals surface area contributed by atoms with Gasteiger partial charge in [0, 0.05) is 22.6 Å². The average molecular weight is 414 g/mol. The highest BCUT2D eigenvalue weighted by Gasteiger charge is 2.38. The monoisotopic (exact) mass is 413 g/mol. The predicted octanol–water partition coefficient (Wildman–Crippen LogP) is 5.22. The van der Waals surface area contributed by atoms with Gasteiger partial charge in [0.1, 0.15) is 12.4 Å². The van der Waals surface area contributed by atoms with Crippen molar-refractivity contribution < 1.29 is 19.1 Å². The van der Waals surface area contributed by atoms with E-state index in [0.717, 1.165) is 20.9 Å². The fourth-order valence-corrected chi connectivity index (χ4v) is 4.45. The summed E-state index contributed by atoms with van der Waals surface area (Å²) < 4.78 is 26.2. The molecule has 0 saturated carbocycles. The number of benzene rings is 2. The van der Waals surface area contributed by atoms with Crippen LogP contribution in [0.3, 0.4) is 0 Å². The minimum Gasteiger partial charge on any atom is -0.411 e. The van der Waals surface area contributed by atoms with Gasteiger partial charge in [-0.25, -0.2) is 4.39 Å². The first-order chi connectivity index (χ1) is 14.0. The Morgan fingerprint density at radius 2 is 2.10 bits per heavy atom. The molecule has 1 fully saturated rings. The van der Waals surface area contributed by atoms with E-state index >= 15 is 0 Å². The van der Waals surface area contributed by atoms with Crippen LogP contribution in [0.5, 0.6) is 0 Å². The van der Waals surface area contributed by atoms with Crippen LogP contribution in [0, 0.1) is 18.2 Å². The summed E-state index contributed by atoms with van der Waals surface area (Å²) in [5.74, 6) is 2.21. The van der Waals surface area contributed by atoms with Crippen LogP contribution in [0.15, 0.2) is 57.4 Å². The molecule has 1 heterocycles. The fourth-order valence-electron chi connectivity index (χ4n) is 3.55. The lowest BCUT2D eigenvalue weighted by Crippen LogP contribution is -2.40. The van der Waals surface area contributed by atoms with Crippen molar-refractivity contribution in [3.8, 4) is 12.3 Å². The van der Waals surface area contributed by atoms with Crippen molar-refractivity contribution in [3.05, 3.63) is 59.4 Å². The number of halogens is 1. The molecule has 0 radical (unpaired) electrons. The predicted molar refractivity (Wildman–Crippen MR) is 112 cm³/mol. The van der Waals surface area contributed by atoms with Crippen molar-refractivity contribution in [1.29, 1.82) is 0 Å². The van der Waals surface area contributed by atoms with Crippen molar-refractivity contribution in [2.45, 2.75) is 48.2 Å². The summed E-state index contributed by atoms with van der Waals surface area (Å²) in [6.45, 7) is 4.42. The molecule has 1 aliphatic heterocycles. The third-order valence-electron chi connectivity index (χ3n) is 5.01. The van der Waals surface area contributed by atoms with E-state index in [1.54, 1.807) is 6.92 Å². The SMILES string of the molecule is C#CCO[C@@]1(c2cc(F)cc(Sc3ccc(/C(C)=N\O)cc3)c2)CCO[C@@H](C)C1. The molecule has 0 spiro atoms. The highest BCUT2D eigenvalue weighted by Crippen LogP contribution is 2.41. The second-order valence-corrected chi connectivity index (χ2v) is 8.26. The van der Waals surface area contributed by atoms with E-state index < -0.39 is 5.60 Å². The number of hydrogen-bond donors (Lipinski definition) is 1. The van der Waals surface area contributed by atoms with Crippen molar-refractivity contribution in [1.82, 2.24) is 0 Å². The first kappa shape index (κ1) is 21.4. The van der Waals surface area contributed by atoms with Gasteiger partial charge in [0.15, 0.2) is 0 Å². The van der Waals surface area contributed by atoms with Crippen molar-refractivity contribution in [2.75, 3.05) is 13.2 Å². The zero-order valence-corrected chi connectivity index (χ0v) is 17.3.